The second-order valence-corrected chi connectivity index (χ2v) is 6.16. The average Bonchev–Trinajstić information content (AvgIpc) is 3.28. The minimum atomic E-state index is -0.0577. The normalized spacial score (nSPS) is 12.6. The zero-order valence-electron chi connectivity index (χ0n) is 15.0. The lowest BCUT2D eigenvalue weighted by molar-refractivity contribution is 0.166. The molecule has 0 radical (unpaired) electrons. The van der Waals surface area contributed by atoms with Gasteiger partial charge in [0, 0.05) is 32.7 Å². The van der Waals surface area contributed by atoms with E-state index in [2.05, 4.69) is 14.6 Å². The van der Waals surface area contributed by atoms with E-state index in [4.69, 9.17) is 14.7 Å². The minimum Gasteiger partial charge on any atom is -0.382 e. The number of fused-ring (bicyclic) bond motifs is 1. The third-order valence-electron chi connectivity index (χ3n) is 4.49. The van der Waals surface area contributed by atoms with Gasteiger partial charge in [0.25, 0.3) is 0 Å². The summed E-state index contributed by atoms with van der Waals surface area (Å²) in [5, 5.41) is 4.29. The molecule has 1 unspecified atom stereocenters. The fourth-order valence-electron chi connectivity index (χ4n) is 3.23. The summed E-state index contributed by atoms with van der Waals surface area (Å²) in [4.78, 5) is 14.1. The standard InChI is InChI=1S/C19H20N6O/c1-13-18(23-15-7-5-4-6-14(15)22-13)19-20-10-11-25(19)17(12-26-3)16-8-9-21-24(16)2/h4-11,17H,12H2,1-3H3. The fourth-order valence-corrected chi connectivity index (χ4v) is 3.23. The van der Waals surface area contributed by atoms with Crippen LogP contribution in [0.15, 0.2) is 48.9 Å². The van der Waals surface area contributed by atoms with Crippen LogP contribution in [0.25, 0.3) is 22.6 Å². The van der Waals surface area contributed by atoms with Crippen molar-refractivity contribution in [1.82, 2.24) is 29.3 Å². The average molecular weight is 348 g/mol. The number of benzene rings is 1. The summed E-state index contributed by atoms with van der Waals surface area (Å²) < 4.78 is 9.40. The van der Waals surface area contributed by atoms with E-state index in [-0.39, 0.29) is 6.04 Å². The summed E-state index contributed by atoms with van der Waals surface area (Å²) in [5.41, 5.74) is 4.39. The fraction of sp³-hybridized carbons (Fsp3) is 0.263. The Kier molecular flexibility index (Phi) is 4.22. The number of para-hydroxylation sites is 2. The molecule has 1 atom stereocenters. The molecule has 0 fully saturated rings. The van der Waals surface area contributed by atoms with Crippen LogP contribution < -0.4 is 0 Å². The van der Waals surface area contributed by atoms with Gasteiger partial charge in [0.1, 0.15) is 11.7 Å². The van der Waals surface area contributed by atoms with Crippen LogP contribution in [0.1, 0.15) is 17.4 Å². The molecule has 26 heavy (non-hydrogen) atoms. The van der Waals surface area contributed by atoms with E-state index in [9.17, 15) is 0 Å². The molecular formula is C19H20N6O. The van der Waals surface area contributed by atoms with Crippen molar-refractivity contribution in [3.63, 3.8) is 0 Å². The van der Waals surface area contributed by atoms with Crippen LogP contribution >= 0.6 is 0 Å². The van der Waals surface area contributed by atoms with E-state index in [0.717, 1.165) is 33.9 Å². The third-order valence-corrected chi connectivity index (χ3v) is 4.49. The highest BCUT2D eigenvalue weighted by Gasteiger charge is 2.22. The van der Waals surface area contributed by atoms with Crippen molar-refractivity contribution in [1.29, 1.82) is 0 Å². The van der Waals surface area contributed by atoms with Crippen LogP contribution in [-0.4, -0.2) is 43.0 Å². The predicted molar refractivity (Wildman–Crippen MR) is 98.7 cm³/mol. The lowest BCUT2D eigenvalue weighted by atomic mass is 10.2. The van der Waals surface area contributed by atoms with Crippen LogP contribution in [-0.2, 0) is 11.8 Å². The van der Waals surface area contributed by atoms with Crippen molar-refractivity contribution >= 4 is 11.0 Å². The maximum atomic E-state index is 5.47. The summed E-state index contributed by atoms with van der Waals surface area (Å²) in [6.07, 6.45) is 5.52. The Morgan fingerprint density at radius 1 is 1.08 bits per heavy atom. The zero-order chi connectivity index (χ0) is 18.1. The van der Waals surface area contributed by atoms with Crippen molar-refractivity contribution < 1.29 is 4.74 Å². The third kappa shape index (κ3) is 2.76. The van der Waals surface area contributed by atoms with Crippen molar-refractivity contribution in [2.45, 2.75) is 13.0 Å². The molecule has 3 heterocycles. The maximum absolute atomic E-state index is 5.47. The predicted octanol–water partition coefficient (Wildman–Crippen LogP) is 2.77. The first kappa shape index (κ1) is 16.4. The number of ether oxygens (including phenoxy) is 1. The highest BCUT2D eigenvalue weighted by molar-refractivity contribution is 5.77. The molecule has 4 rings (SSSR count). The SMILES string of the molecule is COCC(c1ccnn1C)n1ccnc1-c1nc2ccccc2nc1C. The second kappa shape index (κ2) is 6.68. The molecule has 7 nitrogen and oxygen atoms in total. The first-order valence-electron chi connectivity index (χ1n) is 8.42. The van der Waals surface area contributed by atoms with Crippen molar-refractivity contribution in [3.8, 4) is 11.5 Å². The Morgan fingerprint density at radius 2 is 1.85 bits per heavy atom. The van der Waals surface area contributed by atoms with Crippen LogP contribution in [0, 0.1) is 6.92 Å². The Hall–Kier alpha value is -3.06. The number of methoxy groups -OCH3 is 1. The number of aryl methyl sites for hydroxylation is 2. The van der Waals surface area contributed by atoms with E-state index in [0.29, 0.717) is 6.61 Å². The summed E-state index contributed by atoms with van der Waals surface area (Å²) in [5.74, 6) is 0.768. The molecule has 0 amide bonds. The van der Waals surface area contributed by atoms with E-state index in [1.165, 1.54) is 0 Å². The monoisotopic (exact) mass is 348 g/mol. The van der Waals surface area contributed by atoms with Gasteiger partial charge in [-0.3, -0.25) is 4.68 Å². The molecule has 7 heteroatoms. The maximum Gasteiger partial charge on any atom is 0.161 e. The summed E-state index contributed by atoms with van der Waals surface area (Å²) in [7, 11) is 3.62. The number of imidazole rings is 1. The van der Waals surface area contributed by atoms with Gasteiger partial charge in [-0.05, 0) is 25.1 Å². The number of rotatable bonds is 5. The molecule has 0 aliphatic carbocycles. The molecule has 1 aromatic carbocycles. The Labute approximate surface area is 151 Å². The van der Waals surface area contributed by atoms with Crippen LogP contribution in [0.4, 0.5) is 0 Å². The van der Waals surface area contributed by atoms with Gasteiger partial charge < -0.3 is 9.30 Å². The topological polar surface area (TPSA) is 70.7 Å². The minimum absolute atomic E-state index is 0.0577. The Balaban J connectivity index is 1.86. The highest BCUT2D eigenvalue weighted by Crippen LogP contribution is 2.27. The van der Waals surface area contributed by atoms with E-state index in [1.807, 2.05) is 55.2 Å². The number of nitrogens with zero attached hydrogens (tertiary/aromatic N) is 6. The molecule has 0 saturated carbocycles. The van der Waals surface area contributed by atoms with Gasteiger partial charge in [0.15, 0.2) is 5.82 Å². The van der Waals surface area contributed by atoms with Crippen molar-refractivity contribution in [3.05, 3.63) is 60.3 Å². The summed E-state index contributed by atoms with van der Waals surface area (Å²) in [6.45, 7) is 2.46. The number of aromatic nitrogens is 6. The Morgan fingerprint density at radius 3 is 2.54 bits per heavy atom. The lowest BCUT2D eigenvalue weighted by Crippen LogP contribution is -2.20. The summed E-state index contributed by atoms with van der Waals surface area (Å²) >= 11 is 0. The van der Waals surface area contributed by atoms with Gasteiger partial charge in [0.05, 0.1) is 29.0 Å². The quantitative estimate of drug-likeness (QED) is 0.555. The lowest BCUT2D eigenvalue weighted by Gasteiger charge is -2.20. The van der Waals surface area contributed by atoms with E-state index < -0.39 is 0 Å². The van der Waals surface area contributed by atoms with Gasteiger partial charge in [-0.15, -0.1) is 0 Å². The van der Waals surface area contributed by atoms with Gasteiger partial charge in [-0.1, -0.05) is 12.1 Å². The molecule has 0 spiro atoms. The van der Waals surface area contributed by atoms with Gasteiger partial charge in [-0.2, -0.15) is 5.10 Å². The molecule has 0 bridgehead atoms. The van der Waals surface area contributed by atoms with Crippen molar-refractivity contribution in [2.75, 3.05) is 13.7 Å². The molecule has 0 aliphatic rings. The first-order chi connectivity index (χ1) is 12.7. The van der Waals surface area contributed by atoms with Crippen LogP contribution in [0.3, 0.4) is 0 Å². The highest BCUT2D eigenvalue weighted by atomic mass is 16.5. The Bertz CT molecular complexity index is 1050. The smallest absolute Gasteiger partial charge is 0.161 e. The van der Waals surface area contributed by atoms with Gasteiger partial charge in [-0.25, -0.2) is 15.0 Å². The van der Waals surface area contributed by atoms with Crippen LogP contribution in [0.2, 0.25) is 0 Å². The second-order valence-electron chi connectivity index (χ2n) is 6.16. The van der Waals surface area contributed by atoms with Crippen LogP contribution in [0.5, 0.6) is 0 Å². The molecule has 0 aliphatic heterocycles. The molecule has 0 N–H and O–H groups in total. The molecule has 4 aromatic rings. The van der Waals surface area contributed by atoms with Gasteiger partial charge in [0.2, 0.25) is 0 Å². The largest absolute Gasteiger partial charge is 0.382 e. The van der Waals surface area contributed by atoms with E-state index >= 15 is 0 Å². The van der Waals surface area contributed by atoms with Crippen molar-refractivity contribution in [2.24, 2.45) is 7.05 Å². The van der Waals surface area contributed by atoms with E-state index in [1.54, 1.807) is 19.5 Å². The molecule has 132 valence electrons. The first-order valence-corrected chi connectivity index (χ1v) is 8.42. The molecule has 0 saturated heterocycles. The molecular weight excluding hydrogens is 328 g/mol. The number of hydrogen-bond donors (Lipinski definition) is 0. The number of hydrogen-bond acceptors (Lipinski definition) is 5. The summed E-state index contributed by atoms with van der Waals surface area (Å²) in [6, 6.07) is 9.80. The zero-order valence-corrected chi connectivity index (χ0v) is 15.0. The molecule has 3 aromatic heterocycles. The van der Waals surface area contributed by atoms with Gasteiger partial charge >= 0.3 is 0 Å².